The topological polar surface area (TPSA) is 93.2 Å². The summed E-state index contributed by atoms with van der Waals surface area (Å²) < 4.78 is 5.97. The Labute approximate surface area is 282 Å². The maximum Gasteiger partial charge on any atom is 0.257 e. The highest BCUT2D eigenvalue weighted by Gasteiger charge is 2.15. The molecule has 0 radical (unpaired) electrons. The molecule has 0 atom stereocenters. The van der Waals surface area contributed by atoms with Gasteiger partial charge in [0, 0.05) is 33.0 Å². The first-order valence-corrected chi connectivity index (χ1v) is 16.9. The van der Waals surface area contributed by atoms with Gasteiger partial charge in [-0.2, -0.15) is 0 Å². The highest BCUT2D eigenvalue weighted by molar-refractivity contribution is 7.14. The molecule has 0 aliphatic rings. The van der Waals surface area contributed by atoms with Crippen molar-refractivity contribution in [1.82, 2.24) is 9.97 Å². The van der Waals surface area contributed by atoms with Gasteiger partial charge >= 0.3 is 0 Å². The minimum absolute atomic E-state index is 0.248. The first kappa shape index (κ1) is 31.8. The number of aromatic nitrogens is 2. The van der Waals surface area contributed by atoms with Crippen molar-refractivity contribution in [3.63, 3.8) is 0 Å². The van der Waals surface area contributed by atoms with E-state index in [4.69, 9.17) is 4.74 Å². The Morgan fingerprint density at radius 1 is 0.553 bits per heavy atom. The lowest BCUT2D eigenvalue weighted by Crippen LogP contribution is -2.11. The minimum atomic E-state index is -0.248. The van der Waals surface area contributed by atoms with Crippen molar-refractivity contribution in [2.45, 2.75) is 41.5 Å². The van der Waals surface area contributed by atoms with Gasteiger partial charge in [-0.3, -0.25) is 20.2 Å². The molecule has 0 spiro atoms. The van der Waals surface area contributed by atoms with E-state index >= 15 is 0 Å². The molecule has 6 aromatic rings. The van der Waals surface area contributed by atoms with Gasteiger partial charge in [-0.15, -0.1) is 22.7 Å². The van der Waals surface area contributed by atoms with E-state index in [0.717, 1.165) is 44.8 Å². The van der Waals surface area contributed by atoms with E-state index < -0.39 is 0 Å². The van der Waals surface area contributed by atoms with Crippen molar-refractivity contribution in [3.8, 4) is 34.0 Å². The van der Waals surface area contributed by atoms with E-state index in [0.29, 0.717) is 32.9 Å². The van der Waals surface area contributed by atoms with Crippen molar-refractivity contribution >= 4 is 44.8 Å². The Bertz CT molecular complexity index is 1910. The monoisotopic (exact) mass is 658 g/mol. The molecule has 0 unspecified atom stereocenters. The van der Waals surface area contributed by atoms with Crippen LogP contribution in [0.4, 0.5) is 10.3 Å². The van der Waals surface area contributed by atoms with Gasteiger partial charge in [0.2, 0.25) is 0 Å². The van der Waals surface area contributed by atoms with Crippen LogP contribution in [0.25, 0.3) is 22.5 Å². The maximum atomic E-state index is 12.9. The first-order valence-electron chi connectivity index (χ1n) is 15.1. The van der Waals surface area contributed by atoms with E-state index in [1.54, 1.807) is 48.5 Å². The third kappa shape index (κ3) is 7.16. The molecule has 6 rings (SSSR count). The summed E-state index contributed by atoms with van der Waals surface area (Å²) in [6, 6.07) is 22.3. The molecule has 0 aliphatic heterocycles. The zero-order valence-electron chi connectivity index (χ0n) is 27.0. The molecule has 0 saturated carbocycles. The molecule has 7 nitrogen and oxygen atoms in total. The van der Waals surface area contributed by atoms with Crippen LogP contribution < -0.4 is 15.4 Å². The number of rotatable bonds is 8. The number of carbonyl (C=O) groups excluding carboxylic acids is 2. The van der Waals surface area contributed by atoms with E-state index in [1.165, 1.54) is 33.8 Å². The lowest BCUT2D eigenvalue weighted by molar-refractivity contribution is 0.101. The lowest BCUT2D eigenvalue weighted by atomic mass is 9.98. The van der Waals surface area contributed by atoms with Crippen molar-refractivity contribution in [2.75, 3.05) is 10.6 Å². The van der Waals surface area contributed by atoms with Crippen LogP contribution in [0.2, 0.25) is 0 Å². The Morgan fingerprint density at radius 3 is 1.23 bits per heavy atom. The summed E-state index contributed by atoms with van der Waals surface area (Å²) in [5.74, 6) is 0.638. The van der Waals surface area contributed by atoms with Gasteiger partial charge in [-0.25, -0.2) is 9.97 Å². The number of thiazole rings is 2. The number of anilines is 2. The van der Waals surface area contributed by atoms with E-state index in [1.807, 2.05) is 10.8 Å². The van der Waals surface area contributed by atoms with Crippen LogP contribution in [0.3, 0.4) is 0 Å². The fraction of sp³-hybridized carbons (Fsp3) is 0.158. The molecule has 0 fully saturated rings. The minimum Gasteiger partial charge on any atom is -0.457 e. The van der Waals surface area contributed by atoms with Crippen molar-refractivity contribution < 1.29 is 14.3 Å². The average molecular weight is 659 g/mol. The number of nitrogens with one attached hydrogen (secondary N) is 2. The van der Waals surface area contributed by atoms with Crippen LogP contribution in [0.15, 0.2) is 83.6 Å². The number of hydrogen-bond acceptors (Lipinski definition) is 7. The smallest absolute Gasteiger partial charge is 0.257 e. The summed E-state index contributed by atoms with van der Waals surface area (Å²) in [6.45, 7) is 12.5. The number of amides is 2. The van der Waals surface area contributed by atoms with Crippen molar-refractivity contribution in [3.05, 3.63) is 128 Å². The Balaban J connectivity index is 1.05. The molecule has 4 aromatic carbocycles. The molecule has 2 amide bonds. The Morgan fingerprint density at radius 2 is 0.894 bits per heavy atom. The predicted molar refractivity (Wildman–Crippen MR) is 192 cm³/mol. The highest BCUT2D eigenvalue weighted by Crippen LogP contribution is 2.33. The summed E-state index contributed by atoms with van der Waals surface area (Å²) in [5, 5.41) is 10.8. The van der Waals surface area contributed by atoms with Crippen LogP contribution >= 0.6 is 22.7 Å². The predicted octanol–water partition coefficient (Wildman–Crippen LogP) is 10.1. The zero-order chi connectivity index (χ0) is 33.2. The van der Waals surface area contributed by atoms with Gasteiger partial charge in [0.1, 0.15) is 11.5 Å². The second-order valence-corrected chi connectivity index (χ2v) is 13.4. The molecule has 47 heavy (non-hydrogen) atoms. The summed E-state index contributed by atoms with van der Waals surface area (Å²) in [5.41, 5.74) is 11.9. The van der Waals surface area contributed by atoms with Crippen LogP contribution in [-0.2, 0) is 0 Å². The molecule has 2 aromatic heterocycles. The van der Waals surface area contributed by atoms with Gasteiger partial charge < -0.3 is 4.74 Å². The van der Waals surface area contributed by atoms with Gasteiger partial charge in [0.05, 0.1) is 11.4 Å². The Kier molecular flexibility index (Phi) is 9.02. The van der Waals surface area contributed by atoms with Crippen LogP contribution in [-0.4, -0.2) is 21.8 Å². The van der Waals surface area contributed by atoms with Crippen LogP contribution in [0, 0.1) is 41.5 Å². The second-order valence-electron chi connectivity index (χ2n) is 11.7. The largest absolute Gasteiger partial charge is 0.457 e. The number of nitrogens with zero attached hydrogens (tertiary/aromatic N) is 2. The average Bonchev–Trinajstić information content (AvgIpc) is 3.66. The summed E-state index contributed by atoms with van der Waals surface area (Å²) in [7, 11) is 0. The van der Waals surface area contributed by atoms with E-state index in [2.05, 4.69) is 86.4 Å². The molecule has 0 saturated heterocycles. The van der Waals surface area contributed by atoms with Gasteiger partial charge in [0.15, 0.2) is 10.3 Å². The van der Waals surface area contributed by atoms with E-state index in [-0.39, 0.29) is 11.8 Å². The van der Waals surface area contributed by atoms with Crippen LogP contribution in [0.1, 0.15) is 54.1 Å². The maximum absolute atomic E-state index is 12.9. The van der Waals surface area contributed by atoms with E-state index in [9.17, 15) is 9.59 Å². The first-order chi connectivity index (χ1) is 22.5. The second kappa shape index (κ2) is 13.3. The summed E-state index contributed by atoms with van der Waals surface area (Å²) >= 11 is 2.80. The molecular formula is C38H34N4O3S2. The summed E-state index contributed by atoms with van der Waals surface area (Å²) in [6.07, 6.45) is 0. The molecule has 0 aliphatic carbocycles. The fourth-order valence-electron chi connectivity index (χ4n) is 5.88. The van der Waals surface area contributed by atoms with Crippen molar-refractivity contribution in [2.24, 2.45) is 0 Å². The normalized spacial score (nSPS) is 10.9. The lowest BCUT2D eigenvalue weighted by Gasteiger charge is -2.09. The molecular weight excluding hydrogens is 625 g/mol. The highest BCUT2D eigenvalue weighted by atomic mass is 32.1. The standard InChI is InChI=1S/C38H34N4O3S2/c1-21-15-23(3)33(24(4)16-21)31-19-46-37(39-31)41-35(43)27-7-11-29(12-8-27)45-30-13-9-28(10-14-30)36(44)42-38-40-32(20-47-38)34-25(5)17-22(2)18-26(34)6/h7-20H,1-6H3,(H,39,41,43)(H,40,42,44). The molecule has 236 valence electrons. The molecule has 2 N–H and O–H groups in total. The third-order valence-electron chi connectivity index (χ3n) is 7.78. The quantitative estimate of drug-likeness (QED) is 0.170. The van der Waals surface area contributed by atoms with Crippen molar-refractivity contribution in [1.29, 1.82) is 0 Å². The number of hydrogen-bond donors (Lipinski definition) is 2. The van der Waals surface area contributed by atoms with Gasteiger partial charge in [0.25, 0.3) is 11.8 Å². The van der Waals surface area contributed by atoms with Gasteiger partial charge in [-0.05, 0) is 112 Å². The SMILES string of the molecule is Cc1cc(C)c(-c2csc(NC(=O)c3ccc(Oc4ccc(C(=O)Nc5nc(-c6c(C)cc(C)cc6C)cs5)cc4)cc3)n2)c(C)c1. The van der Waals surface area contributed by atoms with Crippen LogP contribution in [0.5, 0.6) is 11.5 Å². The zero-order valence-corrected chi connectivity index (χ0v) is 28.7. The fourth-order valence-corrected chi connectivity index (χ4v) is 7.28. The number of ether oxygens (including phenoxy) is 1. The molecule has 2 heterocycles. The Hall–Kier alpha value is -5.12. The summed E-state index contributed by atoms with van der Waals surface area (Å²) in [4.78, 5) is 35.2. The van der Waals surface area contributed by atoms with Gasteiger partial charge in [-0.1, -0.05) is 35.4 Å². The molecule has 9 heteroatoms. The number of aryl methyl sites for hydroxylation is 6. The number of benzene rings is 4. The molecule has 0 bridgehead atoms. The number of carbonyl (C=O) groups is 2. The third-order valence-corrected chi connectivity index (χ3v) is 9.30.